The van der Waals surface area contributed by atoms with Crippen molar-refractivity contribution in [3.05, 3.63) is 27.7 Å². The second kappa shape index (κ2) is 6.99. The summed E-state index contributed by atoms with van der Waals surface area (Å²) in [6, 6.07) is 2.88. The lowest BCUT2D eigenvalue weighted by Crippen LogP contribution is -2.34. The molecule has 0 spiro atoms. The van der Waals surface area contributed by atoms with Crippen LogP contribution in [0, 0.1) is 0 Å². The highest BCUT2D eigenvalue weighted by atomic mass is 35.5. The molecule has 1 saturated heterocycles. The van der Waals surface area contributed by atoms with Crippen LogP contribution in [-0.2, 0) is 9.47 Å². The number of carbonyl (C=O) groups excluding carboxylic acids is 1. The first kappa shape index (κ1) is 17.3. The number of rotatable bonds is 4. The molecule has 0 radical (unpaired) electrons. The van der Waals surface area contributed by atoms with Crippen molar-refractivity contribution in [2.45, 2.75) is 24.6 Å². The van der Waals surface area contributed by atoms with Gasteiger partial charge in [0.1, 0.15) is 30.5 Å². The Morgan fingerprint density at radius 1 is 1.23 bits per heavy atom. The smallest absolute Gasteiger partial charge is 0.343 e. The third-order valence-corrected chi connectivity index (χ3v) is 3.80. The summed E-state index contributed by atoms with van der Waals surface area (Å²) >= 11 is 11.9. The van der Waals surface area contributed by atoms with Gasteiger partial charge in [-0.3, -0.25) is 0 Å². The molecule has 122 valence electrons. The average molecular weight is 353 g/mol. The van der Waals surface area contributed by atoms with Crippen molar-refractivity contribution < 1.29 is 34.3 Å². The van der Waals surface area contributed by atoms with Crippen LogP contribution in [0.4, 0.5) is 0 Å². The minimum absolute atomic E-state index is 0.0622. The SMILES string of the molecule is COc1c(Cl)ccc(Cl)c1C(=O)OC[C@H]1O[C@H](O)[C@H](O)[C@@H]1O. The molecule has 0 amide bonds. The van der Waals surface area contributed by atoms with E-state index in [1.54, 1.807) is 0 Å². The van der Waals surface area contributed by atoms with Gasteiger partial charge in [-0.15, -0.1) is 0 Å². The average Bonchev–Trinajstić information content (AvgIpc) is 2.74. The van der Waals surface area contributed by atoms with Crippen molar-refractivity contribution in [2.75, 3.05) is 13.7 Å². The van der Waals surface area contributed by atoms with Crippen LogP contribution in [0.3, 0.4) is 0 Å². The van der Waals surface area contributed by atoms with Crippen LogP contribution in [0.1, 0.15) is 10.4 Å². The molecule has 0 bridgehead atoms. The van der Waals surface area contributed by atoms with E-state index in [2.05, 4.69) is 0 Å². The van der Waals surface area contributed by atoms with Gasteiger partial charge in [-0.05, 0) is 12.1 Å². The number of esters is 1. The summed E-state index contributed by atoms with van der Waals surface area (Å²) in [4.78, 5) is 12.1. The fourth-order valence-electron chi connectivity index (χ4n) is 2.02. The van der Waals surface area contributed by atoms with Crippen LogP contribution in [0.2, 0.25) is 10.0 Å². The van der Waals surface area contributed by atoms with Crippen LogP contribution >= 0.6 is 23.2 Å². The highest BCUT2D eigenvalue weighted by molar-refractivity contribution is 6.37. The van der Waals surface area contributed by atoms with Crippen molar-refractivity contribution in [1.82, 2.24) is 0 Å². The van der Waals surface area contributed by atoms with Crippen molar-refractivity contribution in [1.29, 1.82) is 0 Å². The standard InChI is InChI=1S/C13H14Cl2O7/c1-20-11-6(15)3-2-5(14)8(11)12(18)21-4-7-9(16)10(17)13(19)22-7/h2-3,7,9-10,13,16-17,19H,4H2,1H3/t7-,9-,10-,13+/m1/s1. The third kappa shape index (κ3) is 3.29. The predicted molar refractivity (Wildman–Crippen MR) is 76.2 cm³/mol. The molecule has 1 heterocycles. The van der Waals surface area contributed by atoms with E-state index < -0.39 is 30.6 Å². The normalized spacial score (nSPS) is 27.7. The lowest BCUT2D eigenvalue weighted by molar-refractivity contribution is -0.133. The minimum atomic E-state index is -1.54. The second-order valence-electron chi connectivity index (χ2n) is 4.58. The van der Waals surface area contributed by atoms with Crippen LogP contribution in [-0.4, -0.2) is 59.6 Å². The van der Waals surface area contributed by atoms with Gasteiger partial charge < -0.3 is 29.5 Å². The number of halogens is 2. The maximum absolute atomic E-state index is 12.1. The molecule has 3 N–H and O–H groups in total. The van der Waals surface area contributed by atoms with E-state index in [1.165, 1.54) is 19.2 Å². The zero-order chi connectivity index (χ0) is 16.4. The van der Waals surface area contributed by atoms with E-state index in [1.807, 2.05) is 0 Å². The lowest BCUT2D eigenvalue weighted by atomic mass is 10.1. The van der Waals surface area contributed by atoms with E-state index in [4.69, 9.17) is 37.4 Å². The minimum Gasteiger partial charge on any atom is -0.494 e. The van der Waals surface area contributed by atoms with Gasteiger partial charge in [0.15, 0.2) is 12.0 Å². The maximum Gasteiger partial charge on any atom is 0.343 e. The van der Waals surface area contributed by atoms with Gasteiger partial charge >= 0.3 is 5.97 Å². The zero-order valence-corrected chi connectivity index (χ0v) is 12.9. The largest absolute Gasteiger partial charge is 0.494 e. The molecular formula is C13H14Cl2O7. The molecule has 1 aromatic rings. The Kier molecular flexibility index (Phi) is 5.49. The number of hydrogen-bond donors (Lipinski definition) is 3. The van der Waals surface area contributed by atoms with E-state index in [0.717, 1.165) is 0 Å². The Balaban J connectivity index is 2.09. The maximum atomic E-state index is 12.1. The Morgan fingerprint density at radius 3 is 2.41 bits per heavy atom. The van der Waals surface area contributed by atoms with E-state index in [-0.39, 0.29) is 28.0 Å². The summed E-state index contributed by atoms with van der Waals surface area (Å²) in [5.41, 5.74) is -0.0646. The summed E-state index contributed by atoms with van der Waals surface area (Å²) in [5.74, 6) is -0.775. The quantitative estimate of drug-likeness (QED) is 0.681. The molecule has 1 aliphatic rings. The van der Waals surface area contributed by atoms with E-state index in [0.29, 0.717) is 0 Å². The van der Waals surface area contributed by atoms with Crippen molar-refractivity contribution >= 4 is 29.2 Å². The second-order valence-corrected chi connectivity index (χ2v) is 5.40. The number of aliphatic hydroxyl groups is 3. The summed E-state index contributed by atoms with van der Waals surface area (Å²) < 4.78 is 14.9. The molecule has 2 rings (SSSR count). The van der Waals surface area contributed by atoms with Gasteiger partial charge in [-0.25, -0.2) is 4.79 Å². The Morgan fingerprint density at radius 2 is 1.86 bits per heavy atom. The number of carbonyl (C=O) groups is 1. The number of aliphatic hydroxyl groups excluding tert-OH is 3. The number of benzene rings is 1. The molecule has 1 fully saturated rings. The fraction of sp³-hybridized carbons (Fsp3) is 0.462. The van der Waals surface area contributed by atoms with Crippen LogP contribution in [0.5, 0.6) is 5.75 Å². The molecule has 9 heteroatoms. The number of ether oxygens (including phenoxy) is 3. The first-order valence-corrected chi connectivity index (χ1v) is 7.01. The van der Waals surface area contributed by atoms with Gasteiger partial charge in [0.25, 0.3) is 0 Å². The van der Waals surface area contributed by atoms with Crippen molar-refractivity contribution in [3.8, 4) is 5.75 Å². The molecule has 0 aromatic heterocycles. The highest BCUT2D eigenvalue weighted by Gasteiger charge is 2.42. The first-order chi connectivity index (χ1) is 10.4. The summed E-state index contributed by atoms with van der Waals surface area (Å²) in [6.45, 7) is -0.389. The number of methoxy groups -OCH3 is 1. The van der Waals surface area contributed by atoms with Gasteiger partial charge in [0, 0.05) is 0 Å². The lowest BCUT2D eigenvalue weighted by Gasteiger charge is -2.16. The van der Waals surface area contributed by atoms with Crippen molar-refractivity contribution in [3.63, 3.8) is 0 Å². The van der Waals surface area contributed by atoms with E-state index in [9.17, 15) is 20.1 Å². The highest BCUT2D eigenvalue weighted by Crippen LogP contribution is 2.34. The molecule has 1 aromatic carbocycles. The Bertz CT molecular complexity index is 566. The van der Waals surface area contributed by atoms with Crippen LogP contribution < -0.4 is 4.74 Å². The molecule has 0 saturated carbocycles. The molecule has 1 aliphatic heterocycles. The van der Waals surface area contributed by atoms with Gasteiger partial charge in [-0.2, -0.15) is 0 Å². The number of hydrogen-bond acceptors (Lipinski definition) is 7. The van der Waals surface area contributed by atoms with Crippen LogP contribution in [0.25, 0.3) is 0 Å². The Labute approximate surface area is 135 Å². The molecule has 4 atom stereocenters. The molecule has 0 unspecified atom stereocenters. The summed E-state index contributed by atoms with van der Waals surface area (Å²) in [5, 5.41) is 28.5. The van der Waals surface area contributed by atoms with Gasteiger partial charge in [0.2, 0.25) is 0 Å². The third-order valence-electron chi connectivity index (χ3n) is 3.18. The molecule has 7 nitrogen and oxygen atoms in total. The first-order valence-electron chi connectivity index (χ1n) is 6.25. The summed E-state index contributed by atoms with van der Waals surface area (Å²) in [7, 11) is 1.32. The topological polar surface area (TPSA) is 105 Å². The van der Waals surface area contributed by atoms with E-state index >= 15 is 0 Å². The molecular weight excluding hydrogens is 339 g/mol. The van der Waals surface area contributed by atoms with Gasteiger partial charge in [0.05, 0.1) is 17.2 Å². The monoisotopic (exact) mass is 352 g/mol. The summed E-state index contributed by atoms with van der Waals surface area (Å²) in [6.07, 6.45) is -5.44. The molecule has 22 heavy (non-hydrogen) atoms. The fourth-order valence-corrected chi connectivity index (χ4v) is 2.48. The molecule has 0 aliphatic carbocycles. The predicted octanol–water partition coefficient (Wildman–Crippen LogP) is 0.598. The zero-order valence-electron chi connectivity index (χ0n) is 11.4. The van der Waals surface area contributed by atoms with Crippen molar-refractivity contribution in [2.24, 2.45) is 0 Å². The van der Waals surface area contributed by atoms with Gasteiger partial charge in [-0.1, -0.05) is 23.2 Å². The van der Waals surface area contributed by atoms with Crippen LogP contribution in [0.15, 0.2) is 12.1 Å². The Hall–Kier alpha value is -1.09.